The average Bonchev–Trinajstić information content (AvgIpc) is 3.26. The number of nitrogens with one attached hydrogen (secondary N) is 2. The Morgan fingerprint density at radius 3 is 2.52 bits per heavy atom. The number of guanidine groups is 1. The van der Waals surface area contributed by atoms with E-state index >= 15 is 0 Å². The summed E-state index contributed by atoms with van der Waals surface area (Å²) in [7, 11) is 1.75. The van der Waals surface area contributed by atoms with Crippen LogP contribution in [0.25, 0.3) is 11.5 Å². The van der Waals surface area contributed by atoms with Crippen molar-refractivity contribution in [1.29, 1.82) is 0 Å². The third kappa shape index (κ3) is 6.47. The number of hydrogen-bond acceptors (Lipinski definition) is 4. The standard InChI is InChI=1S/C23H28N4O2/c1-18(19-10-5-3-6-11-19)28-15-9-14-25-23(24-2)26-16-21-17-29-22(27-21)20-12-7-4-8-13-20/h3-8,10-13,17-18H,9,14-16H2,1-2H3,(H2,24,25,26). The first-order chi connectivity index (χ1) is 14.3. The Labute approximate surface area is 172 Å². The van der Waals surface area contributed by atoms with Crippen LogP contribution in [0, 0.1) is 0 Å². The number of oxazole rings is 1. The summed E-state index contributed by atoms with van der Waals surface area (Å²) < 4.78 is 11.5. The second-order valence-electron chi connectivity index (χ2n) is 6.64. The fourth-order valence-electron chi connectivity index (χ4n) is 2.86. The van der Waals surface area contributed by atoms with E-state index in [2.05, 4.69) is 39.7 Å². The number of nitrogens with zero attached hydrogens (tertiary/aromatic N) is 2. The van der Waals surface area contributed by atoms with Crippen molar-refractivity contribution in [3.63, 3.8) is 0 Å². The van der Waals surface area contributed by atoms with Crippen LogP contribution in [-0.2, 0) is 11.3 Å². The van der Waals surface area contributed by atoms with Gasteiger partial charge in [0.2, 0.25) is 5.89 Å². The van der Waals surface area contributed by atoms with Crippen molar-refractivity contribution in [2.45, 2.75) is 26.0 Å². The molecule has 0 bridgehead atoms. The zero-order valence-corrected chi connectivity index (χ0v) is 17.0. The van der Waals surface area contributed by atoms with E-state index in [4.69, 9.17) is 9.15 Å². The molecule has 0 aliphatic heterocycles. The molecule has 1 heterocycles. The Hall–Kier alpha value is -3.12. The maximum Gasteiger partial charge on any atom is 0.226 e. The number of hydrogen-bond donors (Lipinski definition) is 2. The minimum Gasteiger partial charge on any atom is -0.444 e. The molecule has 2 N–H and O–H groups in total. The number of benzene rings is 2. The van der Waals surface area contributed by atoms with Crippen LogP contribution in [0.15, 0.2) is 76.3 Å². The summed E-state index contributed by atoms with van der Waals surface area (Å²) in [4.78, 5) is 8.76. The maximum atomic E-state index is 5.89. The number of aliphatic imine (C=N–C) groups is 1. The van der Waals surface area contributed by atoms with Crippen LogP contribution in [0.3, 0.4) is 0 Å². The molecule has 3 rings (SSSR count). The van der Waals surface area contributed by atoms with Gasteiger partial charge < -0.3 is 19.8 Å². The van der Waals surface area contributed by atoms with Gasteiger partial charge in [0.1, 0.15) is 6.26 Å². The molecule has 1 unspecified atom stereocenters. The first-order valence-electron chi connectivity index (χ1n) is 9.87. The molecular weight excluding hydrogens is 364 g/mol. The zero-order chi connectivity index (χ0) is 20.3. The molecule has 152 valence electrons. The van der Waals surface area contributed by atoms with Gasteiger partial charge in [0.15, 0.2) is 5.96 Å². The molecular formula is C23H28N4O2. The number of ether oxygens (including phenoxy) is 1. The van der Waals surface area contributed by atoms with Crippen LogP contribution in [0.5, 0.6) is 0 Å². The van der Waals surface area contributed by atoms with Gasteiger partial charge in [-0.1, -0.05) is 48.5 Å². The van der Waals surface area contributed by atoms with Crippen molar-refractivity contribution in [2.75, 3.05) is 20.2 Å². The first-order valence-corrected chi connectivity index (χ1v) is 9.87. The van der Waals surface area contributed by atoms with Crippen molar-refractivity contribution in [1.82, 2.24) is 15.6 Å². The van der Waals surface area contributed by atoms with Crippen molar-refractivity contribution >= 4 is 5.96 Å². The summed E-state index contributed by atoms with van der Waals surface area (Å²) in [5, 5.41) is 6.54. The lowest BCUT2D eigenvalue weighted by molar-refractivity contribution is 0.0646. The Bertz CT molecular complexity index is 878. The quantitative estimate of drug-likeness (QED) is 0.325. The molecule has 0 radical (unpaired) electrons. The number of aromatic nitrogens is 1. The third-order valence-electron chi connectivity index (χ3n) is 4.48. The van der Waals surface area contributed by atoms with Crippen molar-refractivity contribution < 1.29 is 9.15 Å². The molecule has 0 saturated heterocycles. The molecule has 2 aromatic carbocycles. The van der Waals surface area contributed by atoms with E-state index in [9.17, 15) is 0 Å². The monoisotopic (exact) mass is 392 g/mol. The third-order valence-corrected chi connectivity index (χ3v) is 4.48. The van der Waals surface area contributed by atoms with Crippen LogP contribution in [0.1, 0.15) is 30.7 Å². The molecule has 1 aromatic heterocycles. The van der Waals surface area contributed by atoms with Gasteiger partial charge in [-0.3, -0.25) is 4.99 Å². The molecule has 0 spiro atoms. The second-order valence-corrected chi connectivity index (χ2v) is 6.64. The van der Waals surface area contributed by atoms with Gasteiger partial charge in [0, 0.05) is 25.8 Å². The normalized spacial score (nSPS) is 12.6. The SMILES string of the molecule is CN=C(NCCCOC(C)c1ccccc1)NCc1coc(-c2ccccc2)n1. The van der Waals surface area contributed by atoms with Crippen LogP contribution in [0.2, 0.25) is 0 Å². The Balaban J connectivity index is 1.35. The van der Waals surface area contributed by atoms with E-state index in [1.807, 2.05) is 48.5 Å². The van der Waals surface area contributed by atoms with Gasteiger partial charge in [-0.05, 0) is 31.0 Å². The lowest BCUT2D eigenvalue weighted by Crippen LogP contribution is -2.37. The van der Waals surface area contributed by atoms with Gasteiger partial charge in [0.05, 0.1) is 18.3 Å². The molecule has 29 heavy (non-hydrogen) atoms. The predicted octanol–water partition coefficient (Wildman–Crippen LogP) is 4.17. The molecule has 1 atom stereocenters. The summed E-state index contributed by atoms with van der Waals surface area (Å²) in [6.07, 6.45) is 2.65. The molecule has 0 amide bonds. The zero-order valence-electron chi connectivity index (χ0n) is 17.0. The van der Waals surface area contributed by atoms with Crippen molar-refractivity contribution in [3.05, 3.63) is 78.2 Å². The first kappa shape index (κ1) is 20.6. The molecule has 6 nitrogen and oxygen atoms in total. The summed E-state index contributed by atoms with van der Waals surface area (Å²) >= 11 is 0. The molecule has 0 fully saturated rings. The fourth-order valence-corrected chi connectivity index (χ4v) is 2.86. The molecule has 0 aliphatic carbocycles. The van der Waals surface area contributed by atoms with Gasteiger partial charge in [-0.25, -0.2) is 4.98 Å². The van der Waals surface area contributed by atoms with Crippen LogP contribution >= 0.6 is 0 Å². The van der Waals surface area contributed by atoms with E-state index in [0.29, 0.717) is 19.0 Å². The molecule has 6 heteroatoms. The largest absolute Gasteiger partial charge is 0.444 e. The molecule has 3 aromatic rings. The lowest BCUT2D eigenvalue weighted by atomic mass is 10.1. The van der Waals surface area contributed by atoms with Gasteiger partial charge in [-0.2, -0.15) is 0 Å². The minimum atomic E-state index is 0.0969. The fraction of sp³-hybridized carbons (Fsp3) is 0.304. The summed E-state index contributed by atoms with van der Waals surface area (Å²) in [5.41, 5.74) is 2.98. The highest BCUT2D eigenvalue weighted by molar-refractivity contribution is 5.79. The van der Waals surface area contributed by atoms with E-state index in [0.717, 1.165) is 30.2 Å². The van der Waals surface area contributed by atoms with Gasteiger partial charge in [0.25, 0.3) is 0 Å². The van der Waals surface area contributed by atoms with Crippen LogP contribution in [-0.4, -0.2) is 31.1 Å². The average molecular weight is 393 g/mol. The van der Waals surface area contributed by atoms with Crippen molar-refractivity contribution in [2.24, 2.45) is 4.99 Å². The number of rotatable bonds is 9. The van der Waals surface area contributed by atoms with E-state index in [1.165, 1.54) is 5.56 Å². The van der Waals surface area contributed by atoms with Gasteiger partial charge >= 0.3 is 0 Å². The summed E-state index contributed by atoms with van der Waals surface area (Å²) in [6, 6.07) is 20.1. The molecule has 0 saturated carbocycles. The Morgan fingerprint density at radius 1 is 1.07 bits per heavy atom. The highest BCUT2D eigenvalue weighted by Gasteiger charge is 2.07. The smallest absolute Gasteiger partial charge is 0.226 e. The Morgan fingerprint density at radius 2 is 1.79 bits per heavy atom. The van der Waals surface area contributed by atoms with Crippen molar-refractivity contribution in [3.8, 4) is 11.5 Å². The Kier molecular flexibility index (Phi) is 7.83. The van der Waals surface area contributed by atoms with E-state index in [1.54, 1.807) is 13.3 Å². The minimum absolute atomic E-state index is 0.0969. The van der Waals surface area contributed by atoms with E-state index in [-0.39, 0.29) is 6.10 Å². The van der Waals surface area contributed by atoms with Crippen LogP contribution in [0.4, 0.5) is 0 Å². The maximum absolute atomic E-state index is 5.89. The van der Waals surface area contributed by atoms with E-state index < -0.39 is 0 Å². The lowest BCUT2D eigenvalue weighted by Gasteiger charge is -2.14. The highest BCUT2D eigenvalue weighted by atomic mass is 16.5. The highest BCUT2D eigenvalue weighted by Crippen LogP contribution is 2.18. The predicted molar refractivity (Wildman–Crippen MR) is 116 cm³/mol. The topological polar surface area (TPSA) is 71.7 Å². The van der Waals surface area contributed by atoms with Crippen LogP contribution < -0.4 is 10.6 Å². The molecule has 0 aliphatic rings. The summed E-state index contributed by atoms with van der Waals surface area (Å²) in [6.45, 7) is 4.07. The van der Waals surface area contributed by atoms with Gasteiger partial charge in [-0.15, -0.1) is 0 Å². The second kappa shape index (κ2) is 11.0. The summed E-state index contributed by atoms with van der Waals surface area (Å²) in [5.74, 6) is 1.35.